The summed E-state index contributed by atoms with van der Waals surface area (Å²) in [5.74, 6) is -0.960. The number of para-hydroxylation sites is 1. The van der Waals surface area contributed by atoms with E-state index in [9.17, 15) is 9.59 Å². The van der Waals surface area contributed by atoms with Crippen LogP contribution in [0.15, 0.2) is 48.5 Å². The van der Waals surface area contributed by atoms with E-state index in [-0.39, 0.29) is 23.7 Å². The first-order valence-corrected chi connectivity index (χ1v) is 7.91. The van der Waals surface area contributed by atoms with Crippen LogP contribution in [0.2, 0.25) is 10.0 Å². The highest BCUT2D eigenvalue weighted by atomic mass is 35.5. The van der Waals surface area contributed by atoms with E-state index in [2.05, 4.69) is 10.6 Å². The molecule has 1 aliphatic rings. The third kappa shape index (κ3) is 4.03. The lowest BCUT2D eigenvalue weighted by molar-refractivity contribution is -0.122. The number of carbonyl (C=O) groups is 2. The lowest BCUT2D eigenvalue weighted by atomic mass is 10.2. The molecule has 2 aromatic carbocycles. The standard InChI is InChI=1S/C17H14Cl2N2O2/c18-10-6-11(19)8-13(7-10)21-17(23)15-9-14(15)16(22)20-12-4-2-1-3-5-12/h1-8,14-15H,9H2,(H,20,22)(H,21,23). The molecule has 2 N–H and O–H groups in total. The average Bonchev–Trinajstić information content (AvgIpc) is 3.27. The minimum atomic E-state index is -0.323. The minimum Gasteiger partial charge on any atom is -0.326 e. The summed E-state index contributed by atoms with van der Waals surface area (Å²) in [6.45, 7) is 0. The van der Waals surface area contributed by atoms with Crippen molar-refractivity contribution >= 4 is 46.4 Å². The molecule has 2 unspecified atom stereocenters. The summed E-state index contributed by atoms with van der Waals surface area (Å²) >= 11 is 11.8. The van der Waals surface area contributed by atoms with Gasteiger partial charge in [-0.15, -0.1) is 0 Å². The van der Waals surface area contributed by atoms with Crippen LogP contribution < -0.4 is 10.6 Å². The maximum atomic E-state index is 12.2. The first-order valence-electron chi connectivity index (χ1n) is 7.16. The molecule has 0 aromatic heterocycles. The number of nitrogens with one attached hydrogen (secondary N) is 2. The summed E-state index contributed by atoms with van der Waals surface area (Å²) in [5.41, 5.74) is 1.26. The van der Waals surface area contributed by atoms with Gasteiger partial charge in [0, 0.05) is 21.4 Å². The van der Waals surface area contributed by atoms with E-state index in [1.807, 2.05) is 30.3 Å². The molecular weight excluding hydrogens is 335 g/mol. The Labute approximate surface area is 143 Å². The summed E-state index contributed by atoms with van der Waals surface area (Å²) in [6, 6.07) is 14.0. The lowest BCUT2D eigenvalue weighted by Gasteiger charge is -2.07. The molecule has 1 aliphatic carbocycles. The number of carbonyl (C=O) groups excluding carboxylic acids is 2. The van der Waals surface area contributed by atoms with Gasteiger partial charge in [-0.05, 0) is 36.8 Å². The number of rotatable bonds is 4. The van der Waals surface area contributed by atoms with E-state index in [1.165, 1.54) is 0 Å². The second-order valence-corrected chi connectivity index (χ2v) is 6.32. The molecule has 1 saturated carbocycles. The molecule has 1 fully saturated rings. The van der Waals surface area contributed by atoms with Crippen molar-refractivity contribution < 1.29 is 9.59 Å². The third-order valence-corrected chi connectivity index (χ3v) is 4.07. The van der Waals surface area contributed by atoms with Crippen LogP contribution in [0.25, 0.3) is 0 Å². The van der Waals surface area contributed by atoms with Crippen LogP contribution in [0.1, 0.15) is 6.42 Å². The number of hydrogen-bond acceptors (Lipinski definition) is 2. The smallest absolute Gasteiger partial charge is 0.228 e. The molecule has 6 heteroatoms. The molecular formula is C17H14Cl2N2O2. The van der Waals surface area contributed by atoms with Gasteiger partial charge in [0.05, 0.1) is 11.8 Å². The molecule has 4 nitrogen and oxygen atoms in total. The summed E-state index contributed by atoms with van der Waals surface area (Å²) < 4.78 is 0. The fourth-order valence-electron chi connectivity index (χ4n) is 2.39. The number of amides is 2. The Morgan fingerprint density at radius 3 is 1.91 bits per heavy atom. The second-order valence-electron chi connectivity index (χ2n) is 5.45. The van der Waals surface area contributed by atoms with Gasteiger partial charge >= 0.3 is 0 Å². The quantitative estimate of drug-likeness (QED) is 0.869. The van der Waals surface area contributed by atoms with Gasteiger partial charge in [-0.2, -0.15) is 0 Å². The van der Waals surface area contributed by atoms with Gasteiger partial charge in [0.15, 0.2) is 0 Å². The van der Waals surface area contributed by atoms with E-state index in [4.69, 9.17) is 23.2 Å². The maximum Gasteiger partial charge on any atom is 0.228 e. The van der Waals surface area contributed by atoms with Gasteiger partial charge in [-0.1, -0.05) is 41.4 Å². The zero-order chi connectivity index (χ0) is 16.4. The zero-order valence-electron chi connectivity index (χ0n) is 12.1. The SMILES string of the molecule is O=C(Nc1ccccc1)C1CC1C(=O)Nc1cc(Cl)cc(Cl)c1. The summed E-state index contributed by atoms with van der Waals surface area (Å²) in [5, 5.41) is 6.45. The van der Waals surface area contributed by atoms with Crippen LogP contribution in [-0.2, 0) is 9.59 Å². The molecule has 3 rings (SSSR count). The first kappa shape index (κ1) is 15.8. The van der Waals surface area contributed by atoms with Crippen molar-refractivity contribution in [1.29, 1.82) is 0 Å². The van der Waals surface area contributed by atoms with Crippen molar-refractivity contribution in [1.82, 2.24) is 0 Å². The zero-order valence-corrected chi connectivity index (χ0v) is 13.6. The van der Waals surface area contributed by atoms with Crippen molar-refractivity contribution in [3.05, 3.63) is 58.6 Å². The van der Waals surface area contributed by atoms with Crippen molar-refractivity contribution in [3.8, 4) is 0 Å². The summed E-state index contributed by atoms with van der Waals surface area (Å²) in [7, 11) is 0. The van der Waals surface area contributed by atoms with Gasteiger partial charge < -0.3 is 10.6 Å². The Bertz CT molecular complexity index is 729. The topological polar surface area (TPSA) is 58.2 Å². The van der Waals surface area contributed by atoms with E-state index < -0.39 is 0 Å². The largest absolute Gasteiger partial charge is 0.326 e. The molecule has 2 atom stereocenters. The van der Waals surface area contributed by atoms with Crippen LogP contribution in [0.5, 0.6) is 0 Å². The summed E-state index contributed by atoms with van der Waals surface area (Å²) in [6.07, 6.45) is 0.540. The Morgan fingerprint density at radius 2 is 1.35 bits per heavy atom. The van der Waals surface area contributed by atoms with Crippen LogP contribution in [-0.4, -0.2) is 11.8 Å². The fourth-order valence-corrected chi connectivity index (χ4v) is 2.92. The van der Waals surface area contributed by atoms with Gasteiger partial charge in [-0.25, -0.2) is 0 Å². The molecule has 0 heterocycles. The van der Waals surface area contributed by atoms with Crippen molar-refractivity contribution in [3.63, 3.8) is 0 Å². The third-order valence-electron chi connectivity index (χ3n) is 3.64. The lowest BCUT2D eigenvalue weighted by Crippen LogP contribution is -2.20. The first-order chi connectivity index (χ1) is 11.0. The Morgan fingerprint density at radius 1 is 0.826 bits per heavy atom. The van der Waals surface area contributed by atoms with Gasteiger partial charge in [0.2, 0.25) is 11.8 Å². The molecule has 0 aliphatic heterocycles. The maximum absolute atomic E-state index is 12.2. The molecule has 2 aromatic rings. The fraction of sp³-hybridized carbons (Fsp3) is 0.176. The van der Waals surface area contributed by atoms with Crippen LogP contribution in [0, 0.1) is 11.8 Å². The number of benzene rings is 2. The van der Waals surface area contributed by atoms with E-state index in [1.54, 1.807) is 18.2 Å². The van der Waals surface area contributed by atoms with Crippen LogP contribution >= 0.6 is 23.2 Å². The van der Waals surface area contributed by atoms with E-state index in [0.717, 1.165) is 5.69 Å². The highest BCUT2D eigenvalue weighted by molar-refractivity contribution is 6.35. The Kier molecular flexibility index (Phi) is 4.55. The minimum absolute atomic E-state index is 0.138. The second kappa shape index (κ2) is 6.60. The highest BCUT2D eigenvalue weighted by Gasteiger charge is 2.48. The molecule has 0 bridgehead atoms. The average molecular weight is 349 g/mol. The van der Waals surface area contributed by atoms with E-state index >= 15 is 0 Å². The van der Waals surface area contributed by atoms with Gasteiger partial charge in [0.1, 0.15) is 0 Å². The summed E-state index contributed by atoms with van der Waals surface area (Å²) in [4.78, 5) is 24.3. The molecule has 0 spiro atoms. The normalized spacial score (nSPS) is 19.0. The number of hydrogen-bond donors (Lipinski definition) is 2. The number of anilines is 2. The van der Waals surface area contributed by atoms with Crippen molar-refractivity contribution in [2.75, 3.05) is 10.6 Å². The molecule has 23 heavy (non-hydrogen) atoms. The monoisotopic (exact) mass is 348 g/mol. The Balaban J connectivity index is 1.57. The van der Waals surface area contributed by atoms with Crippen molar-refractivity contribution in [2.24, 2.45) is 11.8 Å². The predicted octanol–water partition coefficient (Wildman–Crippen LogP) is 4.21. The van der Waals surface area contributed by atoms with Gasteiger partial charge in [-0.3, -0.25) is 9.59 Å². The van der Waals surface area contributed by atoms with Crippen molar-refractivity contribution in [2.45, 2.75) is 6.42 Å². The molecule has 118 valence electrons. The molecule has 0 radical (unpaired) electrons. The predicted molar refractivity (Wildman–Crippen MR) is 91.8 cm³/mol. The van der Waals surface area contributed by atoms with Gasteiger partial charge in [0.25, 0.3) is 0 Å². The molecule has 2 amide bonds. The number of halogens is 2. The van der Waals surface area contributed by atoms with Crippen LogP contribution in [0.4, 0.5) is 11.4 Å². The van der Waals surface area contributed by atoms with E-state index in [0.29, 0.717) is 22.2 Å². The Hall–Kier alpha value is -2.04. The van der Waals surface area contributed by atoms with Crippen LogP contribution in [0.3, 0.4) is 0 Å². The highest BCUT2D eigenvalue weighted by Crippen LogP contribution is 2.40. The molecule has 0 saturated heterocycles.